The predicted molar refractivity (Wildman–Crippen MR) is 72.4 cm³/mol. The van der Waals surface area contributed by atoms with E-state index in [1.54, 1.807) is 6.20 Å². The molecule has 0 aliphatic carbocycles. The summed E-state index contributed by atoms with van der Waals surface area (Å²) in [5.41, 5.74) is 3.07. The summed E-state index contributed by atoms with van der Waals surface area (Å²) in [6.07, 6.45) is 2.26. The Morgan fingerprint density at radius 2 is 1.88 bits per heavy atom. The first-order valence-corrected chi connectivity index (χ1v) is 6.02. The number of rotatable bonds is 3. The van der Waals surface area contributed by atoms with Crippen LogP contribution in [0.2, 0.25) is 0 Å². The fourth-order valence-corrected chi connectivity index (χ4v) is 1.93. The Hall–Kier alpha value is -1.23. The summed E-state index contributed by atoms with van der Waals surface area (Å²) in [6, 6.07) is 13.8. The zero-order valence-corrected chi connectivity index (χ0v) is 10.7. The molecular weight excluding hydrogens is 313 g/mol. The maximum absolute atomic E-state index is 10.9. The van der Waals surface area contributed by atoms with Crippen molar-refractivity contribution in [3.8, 4) is 11.3 Å². The second kappa shape index (κ2) is 5.21. The molecule has 1 heterocycles. The van der Waals surface area contributed by atoms with Crippen LogP contribution in [0, 0.1) is 0 Å². The van der Waals surface area contributed by atoms with Gasteiger partial charge in [-0.2, -0.15) is 0 Å². The van der Waals surface area contributed by atoms with Gasteiger partial charge in [-0.15, -0.1) is 0 Å². The van der Waals surface area contributed by atoms with Gasteiger partial charge < -0.3 is 0 Å². The molecule has 0 N–H and O–H groups in total. The maximum Gasteiger partial charge on any atom is 0.196 e. The van der Waals surface area contributed by atoms with Crippen LogP contribution in [0.5, 0.6) is 0 Å². The first kappa shape index (κ1) is 11.3. The molecule has 3 heteroatoms. The van der Waals surface area contributed by atoms with E-state index in [1.807, 2.05) is 65.1 Å². The Bertz CT molecular complexity index is 479. The van der Waals surface area contributed by atoms with Crippen LogP contribution in [-0.4, -0.2) is 8.77 Å². The first-order valence-electron chi connectivity index (χ1n) is 4.94. The molecule has 2 aromatic rings. The van der Waals surface area contributed by atoms with Gasteiger partial charge in [-0.25, -0.2) is 0 Å². The van der Waals surface area contributed by atoms with Gasteiger partial charge in [-0.05, 0) is 40.3 Å². The number of aromatic nitrogens is 1. The molecule has 0 bridgehead atoms. The van der Waals surface area contributed by atoms with Crippen LogP contribution in [0.3, 0.4) is 0 Å². The monoisotopic (exact) mass is 323 g/mol. The quantitative estimate of drug-likeness (QED) is 0.641. The summed E-state index contributed by atoms with van der Waals surface area (Å²) in [5.74, 6) is 0. The van der Waals surface area contributed by atoms with E-state index in [0.717, 1.165) is 16.8 Å². The van der Waals surface area contributed by atoms with Crippen molar-refractivity contribution >= 4 is 26.4 Å². The zero-order chi connectivity index (χ0) is 11.4. The second-order valence-electron chi connectivity index (χ2n) is 3.44. The lowest BCUT2D eigenvalue weighted by atomic mass is 10.1. The van der Waals surface area contributed by atoms with Gasteiger partial charge >= 0.3 is 0 Å². The molecule has 1 aromatic carbocycles. The molecule has 0 saturated carbocycles. The Morgan fingerprint density at radius 3 is 2.44 bits per heavy atom. The number of benzene rings is 1. The fourth-order valence-electron chi connectivity index (χ4n) is 1.49. The molecule has 0 fully saturated rings. The predicted octanol–water partition coefficient (Wildman–Crippen LogP) is 3.25. The van der Waals surface area contributed by atoms with E-state index in [1.165, 1.54) is 0 Å². The number of carbonyl (C=O) groups excluding carboxylic acids is 1. The molecule has 0 saturated heterocycles. The highest BCUT2D eigenvalue weighted by atomic mass is 127. The van der Waals surface area contributed by atoms with Crippen LogP contribution in [0.15, 0.2) is 48.7 Å². The Kier molecular flexibility index (Phi) is 3.66. The Labute approximate surface area is 108 Å². The molecule has 80 valence electrons. The lowest BCUT2D eigenvalue weighted by Crippen LogP contribution is -1.92. The van der Waals surface area contributed by atoms with Crippen LogP contribution in [0.1, 0.15) is 5.56 Å². The number of hydrogen-bond acceptors (Lipinski definition) is 2. The minimum absolute atomic E-state index is 0.156. The van der Waals surface area contributed by atoms with Gasteiger partial charge in [0, 0.05) is 18.2 Å². The fraction of sp³-hybridized carbons (Fsp3) is 0.0769. The van der Waals surface area contributed by atoms with Crippen molar-refractivity contribution in [1.29, 1.82) is 0 Å². The number of pyridine rings is 1. The van der Waals surface area contributed by atoms with Gasteiger partial charge in [0.05, 0.1) is 5.69 Å². The van der Waals surface area contributed by atoms with E-state index in [0.29, 0.717) is 6.42 Å². The van der Waals surface area contributed by atoms with Gasteiger partial charge in [0.15, 0.2) is 3.79 Å². The third-order valence-corrected chi connectivity index (χ3v) is 2.64. The van der Waals surface area contributed by atoms with Crippen molar-refractivity contribution in [2.75, 3.05) is 0 Å². The van der Waals surface area contributed by atoms with Crippen LogP contribution in [0.25, 0.3) is 11.3 Å². The topological polar surface area (TPSA) is 30.0 Å². The average molecular weight is 323 g/mol. The van der Waals surface area contributed by atoms with Crippen molar-refractivity contribution in [2.24, 2.45) is 0 Å². The number of halogens is 1. The molecule has 0 radical (unpaired) electrons. The van der Waals surface area contributed by atoms with Crippen molar-refractivity contribution in [1.82, 2.24) is 4.98 Å². The summed E-state index contributed by atoms with van der Waals surface area (Å²) in [7, 11) is 0. The number of carbonyl (C=O) groups is 1. The minimum atomic E-state index is 0.156. The van der Waals surface area contributed by atoms with Crippen LogP contribution in [0.4, 0.5) is 0 Å². The Balaban J connectivity index is 2.23. The molecule has 0 aliphatic heterocycles. The normalized spacial score (nSPS) is 10.1. The van der Waals surface area contributed by atoms with E-state index in [4.69, 9.17) is 0 Å². The van der Waals surface area contributed by atoms with Gasteiger partial charge in [0.1, 0.15) is 0 Å². The highest BCUT2D eigenvalue weighted by molar-refractivity contribution is 14.1. The maximum atomic E-state index is 10.9. The van der Waals surface area contributed by atoms with E-state index < -0.39 is 0 Å². The number of nitrogens with zero attached hydrogens (tertiary/aromatic N) is 1. The zero-order valence-electron chi connectivity index (χ0n) is 8.56. The lowest BCUT2D eigenvalue weighted by Gasteiger charge is -2.01. The third kappa shape index (κ3) is 2.88. The van der Waals surface area contributed by atoms with Gasteiger partial charge in [0.2, 0.25) is 0 Å². The SMILES string of the molecule is O=C(I)Cc1ccc(-c2ccccn2)cc1. The molecule has 1 aromatic heterocycles. The summed E-state index contributed by atoms with van der Waals surface area (Å²) in [5, 5.41) is 0. The van der Waals surface area contributed by atoms with E-state index in [9.17, 15) is 4.79 Å². The van der Waals surface area contributed by atoms with Crippen LogP contribution in [-0.2, 0) is 11.2 Å². The summed E-state index contributed by atoms with van der Waals surface area (Å²) in [4.78, 5) is 15.2. The minimum Gasteiger partial charge on any atom is -0.287 e. The highest BCUT2D eigenvalue weighted by Gasteiger charge is 2.01. The smallest absolute Gasteiger partial charge is 0.196 e. The molecule has 16 heavy (non-hydrogen) atoms. The average Bonchev–Trinajstić information content (AvgIpc) is 2.30. The van der Waals surface area contributed by atoms with E-state index >= 15 is 0 Å². The van der Waals surface area contributed by atoms with Crippen molar-refractivity contribution in [3.05, 3.63) is 54.2 Å². The molecular formula is C13H10INO. The van der Waals surface area contributed by atoms with Crippen molar-refractivity contribution < 1.29 is 4.79 Å². The second-order valence-corrected chi connectivity index (χ2v) is 4.65. The van der Waals surface area contributed by atoms with Gasteiger partial charge in [-0.3, -0.25) is 9.78 Å². The lowest BCUT2D eigenvalue weighted by molar-refractivity contribution is -0.108. The molecule has 0 atom stereocenters. The van der Waals surface area contributed by atoms with E-state index in [-0.39, 0.29) is 3.79 Å². The Morgan fingerprint density at radius 1 is 1.12 bits per heavy atom. The van der Waals surface area contributed by atoms with Gasteiger partial charge in [-0.1, -0.05) is 30.3 Å². The van der Waals surface area contributed by atoms with Crippen LogP contribution >= 0.6 is 22.6 Å². The van der Waals surface area contributed by atoms with Gasteiger partial charge in [0.25, 0.3) is 0 Å². The molecule has 0 unspecified atom stereocenters. The standard InChI is InChI=1S/C13H10INO/c14-13(16)9-10-4-6-11(7-5-10)12-3-1-2-8-15-12/h1-8H,9H2. The molecule has 0 amide bonds. The molecule has 0 aliphatic rings. The van der Waals surface area contributed by atoms with Crippen molar-refractivity contribution in [2.45, 2.75) is 6.42 Å². The third-order valence-electron chi connectivity index (χ3n) is 2.26. The molecule has 0 spiro atoms. The summed E-state index contributed by atoms with van der Waals surface area (Å²) in [6.45, 7) is 0. The van der Waals surface area contributed by atoms with Crippen LogP contribution < -0.4 is 0 Å². The first-order chi connectivity index (χ1) is 7.75. The summed E-state index contributed by atoms with van der Waals surface area (Å²) < 4.78 is 0.156. The largest absolute Gasteiger partial charge is 0.287 e. The number of hydrogen-bond donors (Lipinski definition) is 0. The van der Waals surface area contributed by atoms with Crippen molar-refractivity contribution in [3.63, 3.8) is 0 Å². The van der Waals surface area contributed by atoms with E-state index in [2.05, 4.69) is 4.98 Å². The highest BCUT2D eigenvalue weighted by Crippen LogP contribution is 2.17. The molecule has 2 nitrogen and oxygen atoms in total. The summed E-state index contributed by atoms with van der Waals surface area (Å²) >= 11 is 1.81. The molecule has 2 rings (SSSR count).